The van der Waals surface area contributed by atoms with E-state index in [2.05, 4.69) is 5.32 Å². The second-order valence-corrected chi connectivity index (χ2v) is 5.63. The number of unbranched alkanes of at least 4 members (excludes halogenated alkanes) is 2. The van der Waals surface area contributed by atoms with Gasteiger partial charge in [0, 0.05) is 26.8 Å². The minimum absolute atomic E-state index is 0.241. The van der Waals surface area contributed by atoms with Crippen molar-refractivity contribution < 1.29 is 19.4 Å². The molecule has 0 aromatic carbocycles. The van der Waals surface area contributed by atoms with Gasteiger partial charge in [-0.15, -0.1) is 0 Å². The molecule has 0 bridgehead atoms. The van der Waals surface area contributed by atoms with E-state index in [1.165, 1.54) is 4.90 Å². The molecule has 122 valence electrons. The van der Waals surface area contributed by atoms with Crippen LogP contribution in [-0.2, 0) is 9.53 Å². The molecule has 0 spiro atoms. The van der Waals surface area contributed by atoms with Crippen molar-refractivity contribution in [2.75, 3.05) is 26.8 Å². The van der Waals surface area contributed by atoms with Gasteiger partial charge in [0.15, 0.2) is 0 Å². The number of likely N-dealkylation sites (tertiary alicyclic amines) is 1. The van der Waals surface area contributed by atoms with Crippen LogP contribution in [0.1, 0.15) is 51.9 Å². The summed E-state index contributed by atoms with van der Waals surface area (Å²) in [5, 5.41) is 12.4. The number of hydrogen-bond donors (Lipinski definition) is 2. The largest absolute Gasteiger partial charge is 0.479 e. The van der Waals surface area contributed by atoms with Gasteiger partial charge < -0.3 is 20.1 Å². The Morgan fingerprint density at radius 1 is 1.33 bits per heavy atom. The van der Waals surface area contributed by atoms with Crippen LogP contribution in [0.5, 0.6) is 0 Å². The second kappa shape index (κ2) is 8.87. The third kappa shape index (κ3) is 4.59. The Morgan fingerprint density at radius 2 is 2.10 bits per heavy atom. The van der Waals surface area contributed by atoms with Gasteiger partial charge in [0.05, 0.1) is 0 Å². The van der Waals surface area contributed by atoms with Crippen LogP contribution in [0, 0.1) is 0 Å². The van der Waals surface area contributed by atoms with Crippen LogP contribution in [-0.4, -0.2) is 54.4 Å². The summed E-state index contributed by atoms with van der Waals surface area (Å²) < 4.78 is 4.97. The standard InChI is InChI=1S/C15H28N2O4/c1-3-8-15(13(18)19)9-7-11-17(15)14(20)16-10-5-4-6-12-21-2/h3-12H2,1-2H3,(H,16,20)(H,18,19). The van der Waals surface area contributed by atoms with Gasteiger partial charge in [-0.3, -0.25) is 0 Å². The smallest absolute Gasteiger partial charge is 0.329 e. The molecule has 0 aromatic heterocycles. The van der Waals surface area contributed by atoms with Crippen molar-refractivity contribution in [3.05, 3.63) is 0 Å². The Morgan fingerprint density at radius 3 is 2.71 bits per heavy atom. The summed E-state index contributed by atoms with van der Waals surface area (Å²) in [4.78, 5) is 25.4. The van der Waals surface area contributed by atoms with Crippen LogP contribution in [0.4, 0.5) is 4.79 Å². The number of carbonyl (C=O) groups excluding carboxylic acids is 1. The van der Waals surface area contributed by atoms with Crippen molar-refractivity contribution in [3.63, 3.8) is 0 Å². The van der Waals surface area contributed by atoms with E-state index in [1.54, 1.807) is 7.11 Å². The number of ether oxygens (including phenoxy) is 1. The van der Waals surface area contributed by atoms with Crippen molar-refractivity contribution in [1.29, 1.82) is 0 Å². The van der Waals surface area contributed by atoms with Crippen molar-refractivity contribution in [1.82, 2.24) is 10.2 Å². The van der Waals surface area contributed by atoms with E-state index in [0.717, 1.165) is 38.7 Å². The summed E-state index contributed by atoms with van der Waals surface area (Å²) in [5.74, 6) is -0.878. The van der Waals surface area contributed by atoms with Gasteiger partial charge in [-0.1, -0.05) is 13.3 Å². The fourth-order valence-corrected chi connectivity index (χ4v) is 3.02. The number of aliphatic carboxylic acids is 1. The van der Waals surface area contributed by atoms with Crippen LogP contribution in [0.3, 0.4) is 0 Å². The predicted octanol–water partition coefficient (Wildman–Crippen LogP) is 2.23. The van der Waals surface area contributed by atoms with Crippen molar-refractivity contribution in [2.45, 2.75) is 57.4 Å². The summed E-state index contributed by atoms with van der Waals surface area (Å²) in [5.41, 5.74) is -1.01. The van der Waals surface area contributed by atoms with Crippen LogP contribution in [0.2, 0.25) is 0 Å². The predicted molar refractivity (Wildman–Crippen MR) is 80.3 cm³/mol. The highest BCUT2D eigenvalue weighted by molar-refractivity contribution is 5.87. The molecular formula is C15H28N2O4. The topological polar surface area (TPSA) is 78.9 Å². The SMILES string of the molecule is CCCC1(C(=O)O)CCCN1C(=O)NCCCCCOC. The Bertz CT molecular complexity index is 349. The number of urea groups is 1. The van der Waals surface area contributed by atoms with Gasteiger partial charge in [0.1, 0.15) is 5.54 Å². The number of methoxy groups -OCH3 is 1. The second-order valence-electron chi connectivity index (χ2n) is 5.63. The maximum atomic E-state index is 12.3. The molecule has 2 amide bonds. The highest BCUT2D eigenvalue weighted by Gasteiger charge is 2.49. The van der Waals surface area contributed by atoms with Crippen LogP contribution < -0.4 is 5.32 Å². The first-order valence-corrected chi connectivity index (χ1v) is 7.86. The van der Waals surface area contributed by atoms with E-state index in [-0.39, 0.29) is 6.03 Å². The third-order valence-corrected chi connectivity index (χ3v) is 4.10. The molecule has 1 unspecified atom stereocenters. The average molecular weight is 300 g/mol. The van der Waals surface area contributed by atoms with E-state index in [1.807, 2.05) is 6.92 Å². The molecule has 0 saturated carbocycles. The summed E-state index contributed by atoms with van der Waals surface area (Å²) in [6.07, 6.45) is 5.44. The minimum atomic E-state index is -1.01. The lowest BCUT2D eigenvalue weighted by atomic mass is 9.91. The lowest BCUT2D eigenvalue weighted by Crippen LogP contribution is -2.56. The zero-order chi connectivity index (χ0) is 15.7. The van der Waals surface area contributed by atoms with E-state index >= 15 is 0 Å². The molecule has 1 aliphatic rings. The van der Waals surface area contributed by atoms with Gasteiger partial charge >= 0.3 is 12.0 Å². The first-order valence-electron chi connectivity index (χ1n) is 7.86. The van der Waals surface area contributed by atoms with Crippen LogP contribution in [0.25, 0.3) is 0 Å². The molecule has 21 heavy (non-hydrogen) atoms. The highest BCUT2D eigenvalue weighted by atomic mass is 16.5. The Kier molecular flexibility index (Phi) is 7.50. The lowest BCUT2D eigenvalue weighted by Gasteiger charge is -2.34. The average Bonchev–Trinajstić information content (AvgIpc) is 2.88. The maximum Gasteiger partial charge on any atom is 0.329 e. The molecule has 1 aliphatic heterocycles. The molecule has 0 aliphatic carbocycles. The number of carboxylic acid groups (broad SMARTS) is 1. The molecule has 0 aromatic rings. The molecule has 1 saturated heterocycles. The van der Waals surface area contributed by atoms with Gasteiger partial charge in [-0.2, -0.15) is 0 Å². The summed E-state index contributed by atoms with van der Waals surface area (Å²) in [7, 11) is 1.67. The fraction of sp³-hybridized carbons (Fsp3) is 0.867. The van der Waals surface area contributed by atoms with Gasteiger partial charge in [0.25, 0.3) is 0 Å². The number of rotatable bonds is 9. The van der Waals surface area contributed by atoms with Gasteiger partial charge in [-0.05, 0) is 38.5 Å². The zero-order valence-corrected chi connectivity index (χ0v) is 13.2. The Labute approximate surface area is 126 Å². The van der Waals surface area contributed by atoms with Gasteiger partial charge in [0.2, 0.25) is 0 Å². The molecule has 1 atom stereocenters. The van der Waals surface area contributed by atoms with E-state index in [0.29, 0.717) is 25.9 Å². The third-order valence-electron chi connectivity index (χ3n) is 4.10. The van der Waals surface area contributed by atoms with E-state index in [9.17, 15) is 14.7 Å². The van der Waals surface area contributed by atoms with Crippen LogP contribution in [0.15, 0.2) is 0 Å². The molecule has 1 rings (SSSR count). The number of amides is 2. The number of nitrogens with zero attached hydrogens (tertiary/aromatic N) is 1. The zero-order valence-electron chi connectivity index (χ0n) is 13.2. The molecule has 0 radical (unpaired) electrons. The normalized spacial score (nSPS) is 21.5. The molecule has 6 heteroatoms. The number of nitrogens with one attached hydrogen (secondary N) is 1. The fourth-order valence-electron chi connectivity index (χ4n) is 3.02. The number of carbonyl (C=O) groups is 2. The molecule has 6 nitrogen and oxygen atoms in total. The van der Waals surface area contributed by atoms with Crippen molar-refractivity contribution >= 4 is 12.0 Å². The molecule has 1 heterocycles. The first-order chi connectivity index (χ1) is 10.1. The Hall–Kier alpha value is -1.30. The molecule has 1 fully saturated rings. The number of carboxylic acids is 1. The summed E-state index contributed by atoms with van der Waals surface area (Å²) in [6.45, 7) is 3.80. The van der Waals surface area contributed by atoms with E-state index in [4.69, 9.17) is 4.74 Å². The van der Waals surface area contributed by atoms with Crippen molar-refractivity contribution in [2.24, 2.45) is 0 Å². The number of hydrogen-bond acceptors (Lipinski definition) is 3. The monoisotopic (exact) mass is 300 g/mol. The van der Waals surface area contributed by atoms with Gasteiger partial charge in [-0.25, -0.2) is 9.59 Å². The van der Waals surface area contributed by atoms with E-state index < -0.39 is 11.5 Å². The minimum Gasteiger partial charge on any atom is -0.479 e. The quantitative estimate of drug-likeness (QED) is 0.640. The maximum absolute atomic E-state index is 12.3. The molecular weight excluding hydrogens is 272 g/mol. The van der Waals surface area contributed by atoms with Crippen LogP contribution >= 0.6 is 0 Å². The summed E-state index contributed by atoms with van der Waals surface area (Å²) in [6, 6.07) is -0.241. The molecule has 2 N–H and O–H groups in total. The van der Waals surface area contributed by atoms with Crippen molar-refractivity contribution in [3.8, 4) is 0 Å². The lowest BCUT2D eigenvalue weighted by molar-refractivity contribution is -0.148. The summed E-state index contributed by atoms with van der Waals surface area (Å²) >= 11 is 0. The first kappa shape index (κ1) is 17.8. The highest BCUT2D eigenvalue weighted by Crippen LogP contribution is 2.34. The Balaban J connectivity index is 2.46.